The number of benzene rings is 12. The van der Waals surface area contributed by atoms with Crippen LogP contribution in [0, 0.1) is 0 Å². The highest BCUT2D eigenvalue weighted by Gasteiger charge is 2.53. The van der Waals surface area contributed by atoms with Crippen molar-refractivity contribution < 1.29 is 0 Å². The molecule has 3 aliphatic carbocycles. The van der Waals surface area contributed by atoms with E-state index in [1.54, 1.807) is 0 Å². The average Bonchev–Trinajstić information content (AvgIpc) is 4.30. The molecule has 0 fully saturated rings. The highest BCUT2D eigenvalue weighted by Crippen LogP contribution is 2.66. The molecule has 0 heterocycles. The van der Waals surface area contributed by atoms with Crippen LogP contribution in [0.4, 0.5) is 17.1 Å². The summed E-state index contributed by atoms with van der Waals surface area (Å²) in [6.45, 7) is 0. The number of fused-ring (bicyclic) bond motifs is 13. The largest absolute Gasteiger partial charge is 0.310 e. The molecule has 1 spiro atoms. The number of anilines is 3. The molecular weight excluding hydrogens is 903 g/mol. The minimum atomic E-state index is -0.583. The molecule has 1 atom stereocenters. The van der Waals surface area contributed by atoms with E-state index in [0.29, 0.717) is 0 Å². The summed E-state index contributed by atoms with van der Waals surface area (Å²) >= 11 is 0. The molecule has 12 aromatic carbocycles. The van der Waals surface area contributed by atoms with Crippen LogP contribution in [-0.4, -0.2) is 0 Å². The van der Waals surface area contributed by atoms with Crippen molar-refractivity contribution in [1.29, 1.82) is 0 Å². The molecule has 0 aromatic heterocycles. The van der Waals surface area contributed by atoms with E-state index in [1.807, 2.05) is 0 Å². The van der Waals surface area contributed by atoms with Gasteiger partial charge in [-0.25, -0.2) is 0 Å². The Kier molecular flexibility index (Phi) is 9.77. The predicted octanol–water partition coefficient (Wildman–Crippen LogP) is 18.9. The van der Waals surface area contributed by atoms with Gasteiger partial charge in [0.05, 0.1) is 16.5 Å². The van der Waals surface area contributed by atoms with Gasteiger partial charge in [0.2, 0.25) is 0 Å². The molecule has 0 aliphatic heterocycles. The van der Waals surface area contributed by atoms with E-state index in [-0.39, 0.29) is 0 Å². The van der Waals surface area contributed by atoms with E-state index in [2.05, 4.69) is 302 Å². The summed E-state index contributed by atoms with van der Waals surface area (Å²) in [5.74, 6) is 0. The maximum absolute atomic E-state index is 2.58. The molecule has 0 saturated heterocycles. The van der Waals surface area contributed by atoms with Crippen LogP contribution in [0.15, 0.2) is 297 Å². The molecule has 0 amide bonds. The molecule has 0 saturated carbocycles. The fraction of sp³-hybridized carbons (Fsp3) is 0.0270. The van der Waals surface area contributed by atoms with Crippen LogP contribution in [0.2, 0.25) is 0 Å². The van der Waals surface area contributed by atoms with Crippen molar-refractivity contribution in [2.45, 2.75) is 10.8 Å². The Bertz CT molecular complexity index is 4060. The first-order valence-corrected chi connectivity index (χ1v) is 26.2. The fourth-order valence-electron chi connectivity index (χ4n) is 13.5. The summed E-state index contributed by atoms with van der Waals surface area (Å²) in [5, 5.41) is 0. The molecule has 12 aromatic rings. The van der Waals surface area contributed by atoms with Crippen LogP contribution < -0.4 is 4.90 Å². The fourth-order valence-corrected chi connectivity index (χ4v) is 13.5. The van der Waals surface area contributed by atoms with Crippen molar-refractivity contribution in [2.24, 2.45) is 0 Å². The first kappa shape index (κ1) is 43.1. The Balaban J connectivity index is 1.05. The van der Waals surface area contributed by atoms with Crippen LogP contribution in [0.1, 0.15) is 44.5 Å². The Hall–Kier alpha value is -9.56. The quantitative estimate of drug-likeness (QED) is 0.147. The molecule has 1 heteroatoms. The average molecular weight is 952 g/mol. The molecule has 3 aliphatic rings. The van der Waals surface area contributed by atoms with Crippen LogP contribution in [0.3, 0.4) is 0 Å². The zero-order valence-corrected chi connectivity index (χ0v) is 41.2. The summed E-state index contributed by atoms with van der Waals surface area (Å²) in [6, 6.07) is 111. The second-order valence-electron chi connectivity index (χ2n) is 20.3. The van der Waals surface area contributed by atoms with Gasteiger partial charge >= 0.3 is 0 Å². The van der Waals surface area contributed by atoms with Crippen LogP contribution in [-0.2, 0) is 10.8 Å². The van der Waals surface area contributed by atoms with Gasteiger partial charge in [-0.05, 0) is 148 Å². The van der Waals surface area contributed by atoms with Gasteiger partial charge in [-0.15, -0.1) is 0 Å². The molecule has 0 N–H and O–H groups in total. The van der Waals surface area contributed by atoms with Crippen molar-refractivity contribution >= 4 is 17.1 Å². The smallest absolute Gasteiger partial charge is 0.0726 e. The molecule has 15 rings (SSSR count). The zero-order chi connectivity index (χ0) is 49.5. The van der Waals surface area contributed by atoms with Gasteiger partial charge in [-0.2, -0.15) is 0 Å². The minimum absolute atomic E-state index is 0.569. The summed E-state index contributed by atoms with van der Waals surface area (Å²) < 4.78 is 0. The van der Waals surface area contributed by atoms with E-state index in [1.165, 1.54) is 100 Å². The predicted molar refractivity (Wildman–Crippen MR) is 311 cm³/mol. The number of hydrogen-bond acceptors (Lipinski definition) is 1. The van der Waals surface area contributed by atoms with Gasteiger partial charge in [-0.3, -0.25) is 0 Å². The first-order valence-electron chi connectivity index (χ1n) is 26.2. The van der Waals surface area contributed by atoms with Crippen LogP contribution >= 0.6 is 0 Å². The Labute approximate surface area is 439 Å². The van der Waals surface area contributed by atoms with Crippen molar-refractivity contribution in [3.05, 3.63) is 342 Å². The number of hydrogen-bond donors (Lipinski definition) is 0. The Morgan fingerprint density at radius 1 is 0.213 bits per heavy atom. The lowest BCUT2D eigenvalue weighted by Crippen LogP contribution is -2.28. The summed E-state index contributed by atoms with van der Waals surface area (Å²) in [6.07, 6.45) is 0. The summed E-state index contributed by atoms with van der Waals surface area (Å²) in [7, 11) is 0. The van der Waals surface area contributed by atoms with Crippen LogP contribution in [0.5, 0.6) is 0 Å². The Morgan fingerprint density at radius 3 is 1.19 bits per heavy atom. The topological polar surface area (TPSA) is 3.24 Å². The third kappa shape index (κ3) is 6.32. The van der Waals surface area contributed by atoms with Gasteiger partial charge in [0.15, 0.2) is 0 Å². The van der Waals surface area contributed by atoms with Gasteiger partial charge in [-0.1, -0.05) is 255 Å². The van der Waals surface area contributed by atoms with E-state index >= 15 is 0 Å². The molecular formula is C74H49N. The molecule has 1 nitrogen and oxygen atoms in total. The standard InChI is InChI=1S/C74H49N/c1-6-23-50(24-7-1)53-41-43-62-61-34-17-20-37-66(61)74(69(62)48-53)67-38-21-18-35-64(67)72-68(74)39-22-40-71(72)75(59-46-54(51-25-8-2-9-26-51)45-55(47-59)52-27-10-3-11-28-52)58-42-44-63-60-33-16-19-36-65(60)73(70(63)49-58,56-29-12-4-13-30-56)57-31-14-5-15-32-57/h1-49H. The lowest BCUT2D eigenvalue weighted by Gasteiger charge is -2.35. The van der Waals surface area contributed by atoms with Crippen molar-refractivity contribution in [3.8, 4) is 66.8 Å². The molecule has 0 radical (unpaired) electrons. The zero-order valence-electron chi connectivity index (χ0n) is 41.2. The normalized spacial score (nSPS) is 14.8. The van der Waals surface area contributed by atoms with E-state index in [0.717, 1.165) is 28.2 Å². The highest BCUT2D eigenvalue weighted by molar-refractivity contribution is 6.02. The number of nitrogens with zero attached hydrogens (tertiary/aromatic N) is 1. The second kappa shape index (κ2) is 17.0. The SMILES string of the molecule is c1ccc(-c2cc(-c3ccccc3)cc(N(c3ccc4c(c3)C(c3ccccc3)(c3ccccc3)c3ccccc3-4)c3cccc4c3-c3ccccc3C43c4ccccc4-c4ccc(-c5ccccc5)cc43)c2)cc1. The molecule has 350 valence electrons. The van der Waals surface area contributed by atoms with Crippen molar-refractivity contribution in [1.82, 2.24) is 0 Å². The first-order chi connectivity index (χ1) is 37.2. The van der Waals surface area contributed by atoms with Crippen molar-refractivity contribution in [3.63, 3.8) is 0 Å². The van der Waals surface area contributed by atoms with E-state index in [4.69, 9.17) is 0 Å². The molecule has 1 unspecified atom stereocenters. The van der Waals surface area contributed by atoms with Crippen molar-refractivity contribution in [2.75, 3.05) is 4.90 Å². The summed E-state index contributed by atoms with van der Waals surface area (Å²) in [4.78, 5) is 2.58. The lowest BCUT2D eigenvalue weighted by atomic mass is 9.67. The second-order valence-corrected chi connectivity index (χ2v) is 20.3. The Morgan fingerprint density at radius 2 is 0.627 bits per heavy atom. The highest BCUT2D eigenvalue weighted by atomic mass is 15.1. The third-order valence-electron chi connectivity index (χ3n) is 16.5. The van der Waals surface area contributed by atoms with Gasteiger partial charge in [0.1, 0.15) is 0 Å². The van der Waals surface area contributed by atoms with Gasteiger partial charge in [0.25, 0.3) is 0 Å². The number of rotatable bonds is 8. The maximum Gasteiger partial charge on any atom is 0.0726 e. The van der Waals surface area contributed by atoms with Gasteiger partial charge < -0.3 is 4.90 Å². The van der Waals surface area contributed by atoms with E-state index in [9.17, 15) is 0 Å². The third-order valence-corrected chi connectivity index (χ3v) is 16.5. The summed E-state index contributed by atoms with van der Waals surface area (Å²) in [5.41, 5.74) is 27.1. The lowest BCUT2D eigenvalue weighted by molar-refractivity contribution is 0.768. The monoisotopic (exact) mass is 951 g/mol. The maximum atomic E-state index is 2.58. The molecule has 0 bridgehead atoms. The van der Waals surface area contributed by atoms with Gasteiger partial charge in [0, 0.05) is 16.9 Å². The van der Waals surface area contributed by atoms with E-state index < -0.39 is 10.8 Å². The molecule has 75 heavy (non-hydrogen) atoms. The minimum Gasteiger partial charge on any atom is -0.310 e. The van der Waals surface area contributed by atoms with Crippen LogP contribution in [0.25, 0.3) is 66.8 Å².